The predicted molar refractivity (Wildman–Crippen MR) is 75.2 cm³/mol. The van der Waals surface area contributed by atoms with Crippen LogP contribution >= 0.6 is 0 Å². The van der Waals surface area contributed by atoms with E-state index in [4.69, 9.17) is 5.26 Å². The van der Waals surface area contributed by atoms with Gasteiger partial charge in [0.05, 0.1) is 4.75 Å². The molecule has 0 unspecified atom stereocenters. The molecule has 0 aliphatic carbocycles. The molecule has 0 aromatic heterocycles. The third-order valence-electron chi connectivity index (χ3n) is 3.07. The molecule has 1 aromatic rings. The van der Waals surface area contributed by atoms with Crippen molar-refractivity contribution in [2.75, 3.05) is 12.8 Å². The summed E-state index contributed by atoms with van der Waals surface area (Å²) in [6, 6.07) is 4.70. The van der Waals surface area contributed by atoms with Crippen LogP contribution in [0.5, 0.6) is 0 Å². The molecule has 9 heteroatoms. The van der Waals surface area contributed by atoms with E-state index in [0.29, 0.717) is 0 Å². The number of hydrogen-bond acceptors (Lipinski definition) is 5. The first-order valence-corrected chi connectivity index (χ1v) is 9.18. The smallest absolute Gasteiger partial charge is 0.229 e. The molecule has 0 radical (unpaired) electrons. The summed E-state index contributed by atoms with van der Waals surface area (Å²) in [7, 11) is -7.69. The third kappa shape index (κ3) is 3.78. The van der Waals surface area contributed by atoms with E-state index in [1.807, 2.05) is 0 Å². The van der Waals surface area contributed by atoms with Crippen LogP contribution in [-0.4, -0.2) is 34.4 Å². The Bertz CT molecular complexity index is 793. The molecule has 0 amide bonds. The van der Waals surface area contributed by atoms with Gasteiger partial charge in [-0.2, -0.15) is 5.26 Å². The molecule has 6 nitrogen and oxygen atoms in total. The van der Waals surface area contributed by atoms with Crippen LogP contribution in [0.15, 0.2) is 23.1 Å². The highest BCUT2D eigenvalue weighted by Crippen LogP contribution is 2.19. The van der Waals surface area contributed by atoms with Crippen molar-refractivity contribution in [1.82, 2.24) is 4.72 Å². The molecule has 1 N–H and O–H groups in total. The fraction of sp³-hybridized carbons (Fsp3) is 0.417. The summed E-state index contributed by atoms with van der Waals surface area (Å²) in [6.45, 7) is 2.33. The van der Waals surface area contributed by atoms with Gasteiger partial charge in [0, 0.05) is 12.8 Å². The van der Waals surface area contributed by atoms with Crippen LogP contribution < -0.4 is 4.72 Å². The molecule has 0 bridgehead atoms. The highest BCUT2D eigenvalue weighted by Gasteiger charge is 2.32. The van der Waals surface area contributed by atoms with E-state index in [0.717, 1.165) is 24.5 Å². The molecule has 1 rings (SSSR count). The van der Waals surface area contributed by atoms with Gasteiger partial charge in [-0.3, -0.25) is 0 Å². The van der Waals surface area contributed by atoms with E-state index >= 15 is 0 Å². The summed E-state index contributed by atoms with van der Waals surface area (Å²) in [5.74, 6) is -0.956. The zero-order valence-corrected chi connectivity index (χ0v) is 13.3. The zero-order valence-electron chi connectivity index (χ0n) is 11.7. The van der Waals surface area contributed by atoms with Crippen molar-refractivity contribution in [2.24, 2.45) is 0 Å². The van der Waals surface area contributed by atoms with Gasteiger partial charge < -0.3 is 0 Å². The number of nitrogens with one attached hydrogen (secondary N) is 1. The Labute approximate surface area is 123 Å². The Kier molecular flexibility index (Phi) is 4.77. The van der Waals surface area contributed by atoms with Crippen LogP contribution in [0.25, 0.3) is 0 Å². The van der Waals surface area contributed by atoms with E-state index in [-0.39, 0.29) is 0 Å². The van der Waals surface area contributed by atoms with Gasteiger partial charge in [-0.25, -0.2) is 25.9 Å². The highest BCUT2D eigenvalue weighted by molar-refractivity contribution is 7.92. The number of hydrogen-bond donors (Lipinski definition) is 1. The minimum Gasteiger partial charge on any atom is -0.229 e. The van der Waals surface area contributed by atoms with Crippen molar-refractivity contribution in [1.29, 1.82) is 5.26 Å². The van der Waals surface area contributed by atoms with E-state index in [1.54, 1.807) is 0 Å². The summed E-state index contributed by atoms with van der Waals surface area (Å²) in [6.07, 6.45) is 0.990. The summed E-state index contributed by atoms with van der Waals surface area (Å²) >= 11 is 0. The minimum absolute atomic E-state index is 0.393. The van der Waals surface area contributed by atoms with Crippen molar-refractivity contribution >= 4 is 19.9 Å². The lowest BCUT2D eigenvalue weighted by molar-refractivity contribution is 0.536. The van der Waals surface area contributed by atoms with Gasteiger partial charge in [-0.15, -0.1) is 0 Å². The third-order valence-corrected chi connectivity index (χ3v) is 6.66. The number of sulfonamides is 1. The highest BCUT2D eigenvalue weighted by atomic mass is 32.2. The van der Waals surface area contributed by atoms with Crippen LogP contribution in [-0.2, 0) is 19.9 Å². The van der Waals surface area contributed by atoms with Gasteiger partial charge in [0.2, 0.25) is 10.0 Å². The monoisotopic (exact) mass is 334 g/mol. The van der Waals surface area contributed by atoms with E-state index < -0.39 is 47.4 Å². The van der Waals surface area contributed by atoms with Crippen molar-refractivity contribution < 1.29 is 21.2 Å². The zero-order chi connectivity index (χ0) is 16.5. The Morgan fingerprint density at radius 2 is 1.86 bits per heavy atom. The predicted octanol–water partition coefficient (Wildman–Crippen LogP) is 0.799. The van der Waals surface area contributed by atoms with Crippen LogP contribution in [0.1, 0.15) is 19.4 Å². The van der Waals surface area contributed by atoms with Crippen molar-refractivity contribution in [3.05, 3.63) is 29.6 Å². The average Bonchev–Trinajstić information content (AvgIpc) is 2.35. The molecule has 0 aliphatic rings. The van der Waals surface area contributed by atoms with E-state index in [1.165, 1.54) is 19.9 Å². The fourth-order valence-electron chi connectivity index (χ4n) is 1.31. The SMILES string of the molecule is CC(C)(CNS(=O)(=O)c1cccc(F)c1C#N)S(C)(=O)=O. The Hall–Kier alpha value is -1.50. The second-order valence-electron chi connectivity index (χ2n) is 5.08. The minimum atomic E-state index is -4.20. The number of benzene rings is 1. The number of rotatable bonds is 5. The second-order valence-corrected chi connectivity index (χ2v) is 9.47. The van der Waals surface area contributed by atoms with Gasteiger partial charge in [-0.05, 0) is 26.0 Å². The second kappa shape index (κ2) is 5.71. The average molecular weight is 334 g/mol. The maximum Gasteiger partial charge on any atom is 0.242 e. The number of halogens is 1. The fourth-order valence-corrected chi connectivity index (χ4v) is 3.12. The first-order valence-electron chi connectivity index (χ1n) is 5.80. The quantitative estimate of drug-likeness (QED) is 0.857. The lowest BCUT2D eigenvalue weighted by Crippen LogP contribution is -2.43. The molecule has 1 aromatic carbocycles. The van der Waals surface area contributed by atoms with Crippen molar-refractivity contribution in [3.8, 4) is 6.07 Å². The molecule has 0 saturated heterocycles. The molecule has 21 heavy (non-hydrogen) atoms. The van der Waals surface area contributed by atoms with Crippen LogP contribution in [0.4, 0.5) is 4.39 Å². The van der Waals surface area contributed by atoms with Crippen LogP contribution in [0.3, 0.4) is 0 Å². The molecule has 116 valence electrons. The van der Waals surface area contributed by atoms with E-state index in [2.05, 4.69) is 4.72 Å². The maximum absolute atomic E-state index is 13.4. The molecular formula is C12H15FN2O4S2. The standard InChI is InChI=1S/C12H15FN2O4S2/c1-12(2,20(3,16)17)8-15-21(18,19)11-6-4-5-10(13)9(11)7-14/h4-6,15H,8H2,1-3H3. The lowest BCUT2D eigenvalue weighted by atomic mass is 10.2. The Balaban J connectivity index is 3.17. The first kappa shape index (κ1) is 17.6. The molecule has 0 saturated carbocycles. The van der Waals surface area contributed by atoms with Crippen LogP contribution in [0, 0.1) is 17.1 Å². The largest absolute Gasteiger partial charge is 0.242 e. The first-order chi connectivity index (χ1) is 9.42. The maximum atomic E-state index is 13.4. The summed E-state index contributed by atoms with van der Waals surface area (Å²) in [5, 5.41) is 8.84. The Morgan fingerprint density at radius 1 is 1.29 bits per heavy atom. The topological polar surface area (TPSA) is 104 Å². The van der Waals surface area contributed by atoms with Gasteiger partial charge >= 0.3 is 0 Å². The Morgan fingerprint density at radius 3 is 2.33 bits per heavy atom. The van der Waals surface area contributed by atoms with Gasteiger partial charge in [0.25, 0.3) is 0 Å². The molecule has 0 fully saturated rings. The van der Waals surface area contributed by atoms with E-state index in [9.17, 15) is 21.2 Å². The van der Waals surface area contributed by atoms with Gasteiger partial charge in [-0.1, -0.05) is 6.07 Å². The molecule has 0 heterocycles. The number of nitriles is 1. The number of nitrogens with zero attached hydrogens (tertiary/aromatic N) is 1. The summed E-state index contributed by atoms with van der Waals surface area (Å²) in [4.78, 5) is -0.519. The molecular weight excluding hydrogens is 319 g/mol. The normalized spacial score (nSPS) is 12.9. The lowest BCUT2D eigenvalue weighted by Gasteiger charge is -2.22. The van der Waals surface area contributed by atoms with Gasteiger partial charge in [0.1, 0.15) is 22.3 Å². The summed E-state index contributed by atoms with van der Waals surface area (Å²) < 4.78 is 61.5. The molecule has 0 atom stereocenters. The number of sulfone groups is 1. The van der Waals surface area contributed by atoms with Crippen LogP contribution in [0.2, 0.25) is 0 Å². The molecule has 0 aliphatic heterocycles. The van der Waals surface area contributed by atoms with Crippen molar-refractivity contribution in [2.45, 2.75) is 23.5 Å². The van der Waals surface area contributed by atoms with Gasteiger partial charge in [0.15, 0.2) is 9.84 Å². The van der Waals surface area contributed by atoms with Crippen molar-refractivity contribution in [3.63, 3.8) is 0 Å². The summed E-state index contributed by atoms with van der Waals surface area (Å²) in [5.41, 5.74) is -0.609. The molecule has 0 spiro atoms.